The number of anilines is 3. The molecule has 0 aliphatic heterocycles. The fourth-order valence-corrected chi connectivity index (χ4v) is 2.94. The van der Waals surface area contributed by atoms with Gasteiger partial charge in [-0.25, -0.2) is 14.4 Å². The van der Waals surface area contributed by atoms with Crippen molar-refractivity contribution in [3.05, 3.63) is 58.2 Å². The lowest BCUT2D eigenvalue weighted by atomic mass is 9.97. The highest BCUT2D eigenvalue weighted by atomic mass is 19.1. The van der Waals surface area contributed by atoms with Gasteiger partial charge in [0, 0.05) is 6.54 Å². The fraction of sp³-hybridized carbons (Fsp3) is 0.333. The molecule has 0 bridgehead atoms. The fourth-order valence-electron chi connectivity index (χ4n) is 2.94. The Balaban J connectivity index is 1.76. The second-order valence-corrected chi connectivity index (χ2v) is 6.07. The van der Waals surface area contributed by atoms with Gasteiger partial charge in [-0.15, -0.1) is 0 Å². The summed E-state index contributed by atoms with van der Waals surface area (Å²) in [7, 11) is 0. The molecule has 1 heterocycles. The molecule has 2 aromatic rings. The molecule has 0 amide bonds. The summed E-state index contributed by atoms with van der Waals surface area (Å²) >= 11 is 0. The summed E-state index contributed by atoms with van der Waals surface area (Å²) in [4.78, 5) is 18.9. The zero-order chi connectivity index (χ0) is 18.4. The van der Waals surface area contributed by atoms with E-state index < -0.39 is 10.7 Å². The molecule has 0 saturated carbocycles. The number of halogens is 1. The van der Waals surface area contributed by atoms with Crippen molar-refractivity contribution >= 4 is 23.0 Å². The molecule has 0 saturated heterocycles. The molecular weight excluding hydrogens is 337 g/mol. The number of rotatable bonds is 7. The molecule has 1 aliphatic rings. The van der Waals surface area contributed by atoms with Crippen LogP contribution in [0.5, 0.6) is 0 Å². The van der Waals surface area contributed by atoms with Gasteiger partial charge in [-0.1, -0.05) is 23.8 Å². The molecule has 8 heteroatoms. The van der Waals surface area contributed by atoms with Gasteiger partial charge >= 0.3 is 5.69 Å². The summed E-state index contributed by atoms with van der Waals surface area (Å²) in [6.07, 6.45) is 8.86. The number of hydrogen-bond acceptors (Lipinski definition) is 6. The molecule has 1 aromatic carbocycles. The van der Waals surface area contributed by atoms with Crippen LogP contribution in [0, 0.1) is 15.9 Å². The number of hydrogen-bond donors (Lipinski definition) is 2. The summed E-state index contributed by atoms with van der Waals surface area (Å²) in [5.74, 6) is -0.436. The summed E-state index contributed by atoms with van der Waals surface area (Å²) in [6, 6.07) is 5.94. The molecule has 2 N–H and O–H groups in total. The third-order valence-corrected chi connectivity index (χ3v) is 4.26. The molecule has 0 spiro atoms. The number of allylic oxidation sites excluding steroid dienone is 1. The number of nitro groups is 1. The van der Waals surface area contributed by atoms with E-state index in [2.05, 4.69) is 26.7 Å². The Morgan fingerprint density at radius 1 is 1.19 bits per heavy atom. The van der Waals surface area contributed by atoms with Gasteiger partial charge in [0.25, 0.3) is 0 Å². The standard InChI is InChI=1S/C18H20FN5O2/c19-14-8-4-5-9-15(14)23-18-16(24(25)26)17(21-12-22-18)20-11-10-13-6-2-1-3-7-13/h4-6,8-9,12H,1-3,7,10-11H2,(H2,20,21,22,23). The Hall–Kier alpha value is -3.03. The first-order chi connectivity index (χ1) is 12.6. The van der Waals surface area contributed by atoms with Gasteiger partial charge in [0.15, 0.2) is 0 Å². The molecule has 0 fully saturated rings. The van der Waals surface area contributed by atoms with E-state index in [1.54, 1.807) is 12.1 Å². The van der Waals surface area contributed by atoms with E-state index in [0.29, 0.717) is 6.54 Å². The van der Waals surface area contributed by atoms with Crippen LogP contribution in [0.4, 0.5) is 27.4 Å². The third-order valence-electron chi connectivity index (χ3n) is 4.26. The quantitative estimate of drug-likeness (QED) is 0.428. The van der Waals surface area contributed by atoms with Crippen LogP contribution in [-0.2, 0) is 0 Å². The molecule has 0 unspecified atom stereocenters. The van der Waals surface area contributed by atoms with Gasteiger partial charge in [0.2, 0.25) is 11.6 Å². The zero-order valence-electron chi connectivity index (χ0n) is 14.2. The van der Waals surface area contributed by atoms with Crippen molar-refractivity contribution in [2.45, 2.75) is 32.1 Å². The minimum Gasteiger partial charge on any atom is -0.364 e. The highest BCUT2D eigenvalue weighted by molar-refractivity contribution is 5.73. The summed E-state index contributed by atoms with van der Waals surface area (Å²) in [5, 5.41) is 17.2. The van der Waals surface area contributed by atoms with Crippen molar-refractivity contribution in [1.29, 1.82) is 0 Å². The van der Waals surface area contributed by atoms with E-state index in [-0.39, 0.29) is 23.0 Å². The van der Waals surface area contributed by atoms with Crippen LogP contribution < -0.4 is 10.6 Å². The van der Waals surface area contributed by atoms with Gasteiger partial charge in [0.05, 0.1) is 10.6 Å². The second kappa shape index (κ2) is 8.37. The van der Waals surface area contributed by atoms with Gasteiger partial charge in [0.1, 0.15) is 12.1 Å². The molecule has 1 aliphatic carbocycles. The maximum absolute atomic E-state index is 13.8. The highest BCUT2D eigenvalue weighted by Gasteiger charge is 2.23. The normalized spacial score (nSPS) is 13.8. The Bertz CT molecular complexity index is 825. The first kappa shape index (κ1) is 17.8. The molecule has 3 rings (SSSR count). The first-order valence-corrected chi connectivity index (χ1v) is 8.58. The van der Waals surface area contributed by atoms with E-state index in [4.69, 9.17) is 0 Å². The highest BCUT2D eigenvalue weighted by Crippen LogP contribution is 2.32. The number of benzene rings is 1. The molecule has 1 aromatic heterocycles. The first-order valence-electron chi connectivity index (χ1n) is 8.58. The van der Waals surface area contributed by atoms with Crippen LogP contribution >= 0.6 is 0 Å². The lowest BCUT2D eigenvalue weighted by Crippen LogP contribution is -2.10. The van der Waals surface area contributed by atoms with Crippen LogP contribution in [0.3, 0.4) is 0 Å². The number of nitrogens with zero attached hydrogens (tertiary/aromatic N) is 3. The topological polar surface area (TPSA) is 93.0 Å². The smallest absolute Gasteiger partial charge is 0.353 e. The summed E-state index contributed by atoms with van der Waals surface area (Å²) < 4.78 is 13.8. The summed E-state index contributed by atoms with van der Waals surface area (Å²) in [6.45, 7) is 0.544. The van der Waals surface area contributed by atoms with Gasteiger partial charge in [-0.05, 0) is 44.2 Å². The maximum atomic E-state index is 13.8. The van der Waals surface area contributed by atoms with Gasteiger partial charge < -0.3 is 10.6 Å². The van der Waals surface area contributed by atoms with E-state index in [0.717, 1.165) is 19.3 Å². The van der Waals surface area contributed by atoms with Crippen molar-refractivity contribution in [3.63, 3.8) is 0 Å². The Kier molecular flexibility index (Phi) is 5.73. The Morgan fingerprint density at radius 3 is 2.73 bits per heavy atom. The zero-order valence-corrected chi connectivity index (χ0v) is 14.2. The van der Waals surface area contributed by atoms with Crippen molar-refractivity contribution < 1.29 is 9.31 Å². The average Bonchev–Trinajstić information content (AvgIpc) is 2.64. The predicted molar refractivity (Wildman–Crippen MR) is 98.0 cm³/mol. The lowest BCUT2D eigenvalue weighted by Gasteiger charge is -2.14. The minimum absolute atomic E-state index is 0.0468. The van der Waals surface area contributed by atoms with Gasteiger partial charge in [-0.2, -0.15) is 0 Å². The van der Waals surface area contributed by atoms with Crippen LogP contribution in [0.2, 0.25) is 0 Å². The number of para-hydroxylation sites is 1. The monoisotopic (exact) mass is 357 g/mol. The van der Waals surface area contributed by atoms with Crippen LogP contribution in [-0.4, -0.2) is 21.4 Å². The Morgan fingerprint density at radius 2 is 2.00 bits per heavy atom. The molecule has 136 valence electrons. The lowest BCUT2D eigenvalue weighted by molar-refractivity contribution is -0.383. The molecular formula is C18H20FN5O2. The van der Waals surface area contributed by atoms with E-state index >= 15 is 0 Å². The third kappa shape index (κ3) is 4.33. The molecule has 7 nitrogen and oxygen atoms in total. The summed E-state index contributed by atoms with van der Waals surface area (Å²) in [5.41, 5.74) is 1.19. The van der Waals surface area contributed by atoms with Crippen molar-refractivity contribution in [1.82, 2.24) is 9.97 Å². The van der Waals surface area contributed by atoms with E-state index in [9.17, 15) is 14.5 Å². The number of nitrogens with one attached hydrogen (secondary N) is 2. The Labute approximate surface area is 150 Å². The molecule has 0 atom stereocenters. The van der Waals surface area contributed by atoms with Crippen molar-refractivity contribution in [2.75, 3.05) is 17.2 Å². The van der Waals surface area contributed by atoms with Crippen molar-refractivity contribution in [3.8, 4) is 0 Å². The van der Waals surface area contributed by atoms with E-state index in [1.807, 2.05) is 0 Å². The van der Waals surface area contributed by atoms with E-state index in [1.165, 1.54) is 36.9 Å². The predicted octanol–water partition coefficient (Wildman–Crippen LogP) is 4.57. The second-order valence-electron chi connectivity index (χ2n) is 6.07. The minimum atomic E-state index is -0.564. The largest absolute Gasteiger partial charge is 0.364 e. The average molecular weight is 357 g/mol. The van der Waals surface area contributed by atoms with Crippen molar-refractivity contribution in [2.24, 2.45) is 0 Å². The molecule has 26 heavy (non-hydrogen) atoms. The van der Waals surface area contributed by atoms with Crippen LogP contribution in [0.15, 0.2) is 42.2 Å². The van der Waals surface area contributed by atoms with Crippen LogP contribution in [0.1, 0.15) is 32.1 Å². The maximum Gasteiger partial charge on any atom is 0.353 e. The SMILES string of the molecule is O=[N+]([O-])c1c(NCCC2=CCCCC2)ncnc1Nc1ccccc1F. The van der Waals surface area contributed by atoms with Gasteiger partial charge in [-0.3, -0.25) is 10.1 Å². The molecule has 0 radical (unpaired) electrons. The number of aromatic nitrogens is 2. The van der Waals surface area contributed by atoms with Crippen LogP contribution in [0.25, 0.3) is 0 Å².